The summed E-state index contributed by atoms with van der Waals surface area (Å²) in [5, 5.41) is 6.05. The second kappa shape index (κ2) is 8.02. The molecule has 0 radical (unpaired) electrons. The number of ether oxygens (including phenoxy) is 1. The van der Waals surface area contributed by atoms with Gasteiger partial charge in [-0.05, 0) is 24.3 Å². The molecule has 0 atom stereocenters. The largest absolute Gasteiger partial charge is 0.480 e. The third-order valence-electron chi connectivity index (χ3n) is 4.36. The van der Waals surface area contributed by atoms with E-state index in [2.05, 4.69) is 15.6 Å². The number of aromatic nitrogens is 2. The van der Waals surface area contributed by atoms with E-state index >= 15 is 0 Å². The van der Waals surface area contributed by atoms with Crippen molar-refractivity contribution in [2.75, 3.05) is 23.8 Å². The fraction of sp³-hybridized carbons (Fsp3) is 0.300. The van der Waals surface area contributed by atoms with Crippen molar-refractivity contribution in [3.05, 3.63) is 52.8 Å². The average Bonchev–Trinajstić information content (AvgIpc) is 2.88. The number of anilines is 3. The second-order valence-corrected chi connectivity index (χ2v) is 6.28. The third kappa shape index (κ3) is 3.98. The van der Waals surface area contributed by atoms with Gasteiger partial charge in [0.1, 0.15) is 0 Å². The van der Waals surface area contributed by atoms with Crippen molar-refractivity contribution in [1.82, 2.24) is 9.55 Å². The third-order valence-corrected chi connectivity index (χ3v) is 4.36. The number of alkyl halides is 2. The first-order valence-electron chi connectivity index (χ1n) is 9.13. The van der Waals surface area contributed by atoms with Crippen molar-refractivity contribution < 1.29 is 17.9 Å². The Morgan fingerprint density at radius 2 is 2.03 bits per heavy atom. The smallest absolute Gasteiger partial charge is 0.298 e. The highest BCUT2D eigenvalue weighted by Gasteiger charge is 2.35. The Bertz CT molecular complexity index is 1100. The van der Waals surface area contributed by atoms with Crippen LogP contribution in [0.4, 0.5) is 30.2 Å². The average molecular weight is 406 g/mol. The van der Waals surface area contributed by atoms with E-state index in [9.17, 15) is 18.0 Å². The van der Waals surface area contributed by atoms with Gasteiger partial charge in [-0.1, -0.05) is 13.8 Å². The van der Waals surface area contributed by atoms with Crippen molar-refractivity contribution >= 4 is 28.0 Å². The van der Waals surface area contributed by atoms with E-state index in [0.717, 1.165) is 6.20 Å². The number of halogens is 3. The minimum atomic E-state index is -3.10. The number of pyridine rings is 2. The summed E-state index contributed by atoms with van der Waals surface area (Å²) in [6.07, 6.45) is 2.52. The molecule has 6 nitrogen and oxygen atoms in total. The Labute approximate surface area is 165 Å². The highest BCUT2D eigenvalue weighted by molar-refractivity contribution is 5.97. The van der Waals surface area contributed by atoms with Gasteiger partial charge in [0.25, 0.3) is 11.5 Å². The van der Waals surface area contributed by atoms with Crippen molar-refractivity contribution in [1.29, 1.82) is 0 Å². The normalized spacial score (nSPS) is 14.6. The van der Waals surface area contributed by atoms with Crippen LogP contribution in [0.3, 0.4) is 0 Å². The minimum Gasteiger partial charge on any atom is -0.480 e. The van der Waals surface area contributed by atoms with Crippen molar-refractivity contribution in [3.8, 4) is 5.75 Å². The molecule has 0 saturated carbocycles. The van der Waals surface area contributed by atoms with Crippen LogP contribution >= 0.6 is 0 Å². The van der Waals surface area contributed by atoms with Gasteiger partial charge in [0.15, 0.2) is 12.4 Å². The highest BCUT2D eigenvalue weighted by atomic mass is 19.3. The monoisotopic (exact) mass is 406 g/mol. The topological polar surface area (TPSA) is 68.2 Å². The summed E-state index contributed by atoms with van der Waals surface area (Å²) in [5.74, 6) is -3.79. The zero-order chi connectivity index (χ0) is 21.2. The molecule has 0 fully saturated rings. The van der Waals surface area contributed by atoms with Gasteiger partial charge < -0.3 is 19.9 Å². The summed E-state index contributed by atoms with van der Waals surface area (Å²) < 4.78 is 47.7. The van der Waals surface area contributed by atoms with Gasteiger partial charge >= 0.3 is 0 Å². The van der Waals surface area contributed by atoms with Crippen LogP contribution < -0.4 is 20.9 Å². The molecule has 4 rings (SSSR count). The SMILES string of the molecule is CC.Cn1c(=O)c2c(c3cc(Nc4ccncc4F)ccc31)NCC(F)(F)CO2. The molecule has 0 amide bonds. The summed E-state index contributed by atoms with van der Waals surface area (Å²) >= 11 is 0. The van der Waals surface area contributed by atoms with E-state index in [1.165, 1.54) is 23.9 Å². The maximum atomic E-state index is 13.8. The number of aryl methyl sites for hydroxylation is 1. The summed E-state index contributed by atoms with van der Waals surface area (Å²) in [6, 6.07) is 6.44. The lowest BCUT2D eigenvalue weighted by atomic mass is 10.1. The zero-order valence-corrected chi connectivity index (χ0v) is 16.2. The van der Waals surface area contributed by atoms with Gasteiger partial charge in [0.2, 0.25) is 5.75 Å². The Balaban J connectivity index is 0.00000117. The number of nitrogens with zero attached hydrogens (tertiary/aromatic N) is 2. The van der Waals surface area contributed by atoms with Gasteiger partial charge in [-0.2, -0.15) is 0 Å². The number of fused-ring (bicyclic) bond motifs is 3. The lowest BCUT2D eigenvalue weighted by Gasteiger charge is -2.15. The Morgan fingerprint density at radius 1 is 1.28 bits per heavy atom. The van der Waals surface area contributed by atoms with Crippen LogP contribution in [0, 0.1) is 5.82 Å². The zero-order valence-electron chi connectivity index (χ0n) is 16.2. The molecule has 0 saturated heterocycles. The maximum absolute atomic E-state index is 13.8. The van der Waals surface area contributed by atoms with Crippen molar-refractivity contribution in [3.63, 3.8) is 0 Å². The number of benzene rings is 1. The molecule has 29 heavy (non-hydrogen) atoms. The fourth-order valence-corrected chi connectivity index (χ4v) is 2.99. The first-order chi connectivity index (χ1) is 13.9. The molecule has 0 aliphatic carbocycles. The molecule has 2 N–H and O–H groups in total. The van der Waals surface area contributed by atoms with E-state index in [0.29, 0.717) is 16.6 Å². The van der Waals surface area contributed by atoms with E-state index < -0.39 is 30.5 Å². The molecular formula is C20H21F3N4O2. The lowest BCUT2D eigenvalue weighted by Crippen LogP contribution is -2.31. The molecular weight excluding hydrogens is 385 g/mol. The summed E-state index contributed by atoms with van der Waals surface area (Å²) in [4.78, 5) is 16.2. The quantitative estimate of drug-likeness (QED) is 0.665. The first kappa shape index (κ1) is 20.5. The van der Waals surface area contributed by atoms with Crippen LogP contribution in [0.15, 0.2) is 41.5 Å². The van der Waals surface area contributed by atoms with Crippen LogP contribution in [0.2, 0.25) is 0 Å². The van der Waals surface area contributed by atoms with Crippen LogP contribution in [-0.4, -0.2) is 28.6 Å². The lowest BCUT2D eigenvalue weighted by molar-refractivity contribution is -0.0251. The predicted molar refractivity (Wildman–Crippen MR) is 107 cm³/mol. The fourth-order valence-electron chi connectivity index (χ4n) is 2.99. The standard InChI is InChI=1S/C18H15F3N4O2.C2H6/c1-25-14-3-2-10(24-13-4-5-22-7-12(13)19)6-11(14)15-16(17(25)26)27-9-18(20,21)8-23-15;1-2/h2-7,23H,8-9H2,1H3,(H,22,24);1-2H3. The Morgan fingerprint density at radius 3 is 2.76 bits per heavy atom. The number of nitrogens with one attached hydrogen (secondary N) is 2. The molecule has 3 heterocycles. The molecule has 0 unspecified atom stereocenters. The summed E-state index contributed by atoms with van der Waals surface area (Å²) in [6.45, 7) is 2.47. The van der Waals surface area contributed by atoms with Crippen LogP contribution in [0.1, 0.15) is 13.8 Å². The number of hydrogen-bond acceptors (Lipinski definition) is 5. The molecule has 2 aromatic heterocycles. The minimum absolute atomic E-state index is 0.158. The highest BCUT2D eigenvalue weighted by Crippen LogP contribution is 2.35. The molecule has 3 aromatic rings. The second-order valence-electron chi connectivity index (χ2n) is 6.28. The van der Waals surface area contributed by atoms with E-state index in [1.54, 1.807) is 18.2 Å². The van der Waals surface area contributed by atoms with Crippen molar-refractivity contribution in [2.24, 2.45) is 7.05 Å². The number of rotatable bonds is 2. The van der Waals surface area contributed by atoms with Gasteiger partial charge in [-0.3, -0.25) is 9.78 Å². The number of hydrogen-bond donors (Lipinski definition) is 2. The van der Waals surface area contributed by atoms with Crippen LogP contribution in [0.5, 0.6) is 5.75 Å². The van der Waals surface area contributed by atoms with Gasteiger partial charge in [-0.15, -0.1) is 0 Å². The summed E-state index contributed by atoms with van der Waals surface area (Å²) in [5.41, 5.74) is 0.954. The van der Waals surface area contributed by atoms with E-state index in [4.69, 9.17) is 4.74 Å². The van der Waals surface area contributed by atoms with E-state index in [-0.39, 0.29) is 17.1 Å². The molecule has 0 bridgehead atoms. The Kier molecular flexibility index (Phi) is 5.67. The van der Waals surface area contributed by atoms with Gasteiger partial charge in [-0.25, -0.2) is 13.2 Å². The molecule has 154 valence electrons. The molecule has 9 heteroatoms. The Hall–Kier alpha value is -3.23. The van der Waals surface area contributed by atoms with E-state index in [1.807, 2.05) is 13.8 Å². The van der Waals surface area contributed by atoms with Crippen LogP contribution in [0.25, 0.3) is 10.9 Å². The maximum Gasteiger partial charge on any atom is 0.298 e. The van der Waals surface area contributed by atoms with Crippen LogP contribution in [-0.2, 0) is 7.05 Å². The molecule has 1 aliphatic heterocycles. The van der Waals surface area contributed by atoms with Crippen molar-refractivity contribution in [2.45, 2.75) is 19.8 Å². The molecule has 0 spiro atoms. The predicted octanol–water partition coefficient (Wildman–Crippen LogP) is 4.28. The van der Waals surface area contributed by atoms with Gasteiger partial charge in [0, 0.05) is 24.3 Å². The summed E-state index contributed by atoms with van der Waals surface area (Å²) in [7, 11) is 1.53. The van der Waals surface area contributed by atoms with Gasteiger partial charge in [0.05, 0.1) is 29.6 Å². The first-order valence-corrected chi connectivity index (χ1v) is 9.13. The molecule has 1 aromatic carbocycles. The molecule has 1 aliphatic rings.